The van der Waals surface area contributed by atoms with E-state index in [1.807, 2.05) is 6.92 Å². The summed E-state index contributed by atoms with van der Waals surface area (Å²) in [6, 6.07) is 6.44. The second-order valence-electron chi connectivity index (χ2n) is 3.84. The third-order valence-electron chi connectivity index (χ3n) is 2.38. The Kier molecular flexibility index (Phi) is 6.39. The summed E-state index contributed by atoms with van der Waals surface area (Å²) in [5.74, 6) is -0.102. The zero-order valence-corrected chi connectivity index (χ0v) is 13.7. The van der Waals surface area contributed by atoms with Crippen molar-refractivity contribution in [2.75, 3.05) is 5.73 Å². The molecule has 1 heterocycles. The molecule has 0 aliphatic heterocycles. The van der Waals surface area contributed by atoms with Gasteiger partial charge in [-0.1, -0.05) is 30.1 Å². The summed E-state index contributed by atoms with van der Waals surface area (Å²) in [6.45, 7) is 1.92. The first-order chi connectivity index (χ1) is 9.35. The minimum Gasteiger partial charge on any atom is -0.494 e. The van der Waals surface area contributed by atoms with Crippen molar-refractivity contribution >= 4 is 44.8 Å². The third kappa shape index (κ3) is 4.74. The van der Waals surface area contributed by atoms with Crippen LogP contribution in [0.15, 0.2) is 33.5 Å². The lowest BCUT2D eigenvalue weighted by Gasteiger charge is -2.00. The lowest BCUT2D eigenvalue weighted by Crippen LogP contribution is -2.05. The highest BCUT2D eigenvalue weighted by Gasteiger charge is 2.03. The summed E-state index contributed by atoms with van der Waals surface area (Å²) in [7, 11) is 0. The molecule has 2 rings (SSSR count). The molecule has 4 N–H and O–H groups in total. The van der Waals surface area contributed by atoms with Gasteiger partial charge in [-0.25, -0.2) is 0 Å². The number of benzene rings is 1. The molecule has 1 aromatic heterocycles. The van der Waals surface area contributed by atoms with E-state index in [9.17, 15) is 4.79 Å². The van der Waals surface area contributed by atoms with E-state index in [0.717, 1.165) is 12.0 Å². The fourth-order valence-corrected chi connectivity index (χ4v) is 2.24. The number of H-pyrrole nitrogens is 1. The second kappa shape index (κ2) is 7.57. The van der Waals surface area contributed by atoms with Crippen molar-refractivity contribution in [3.8, 4) is 5.88 Å². The van der Waals surface area contributed by atoms with Crippen LogP contribution in [0, 0.1) is 0 Å². The zero-order valence-electron chi connectivity index (χ0n) is 10.6. The van der Waals surface area contributed by atoms with Crippen LogP contribution in [0.4, 0.5) is 5.69 Å². The Morgan fingerprint density at radius 1 is 1.35 bits per heavy atom. The number of aromatic amines is 1. The van der Waals surface area contributed by atoms with Crippen LogP contribution in [0.5, 0.6) is 5.88 Å². The first-order valence-electron chi connectivity index (χ1n) is 5.66. The molecule has 20 heavy (non-hydrogen) atoms. The molecule has 0 spiro atoms. The molecule has 0 bridgehead atoms. The van der Waals surface area contributed by atoms with Crippen molar-refractivity contribution < 1.29 is 5.11 Å². The molecule has 0 aliphatic carbocycles. The van der Waals surface area contributed by atoms with Gasteiger partial charge in [0.25, 0.3) is 5.56 Å². The minimum absolute atomic E-state index is 0.102. The van der Waals surface area contributed by atoms with Crippen LogP contribution in [0.1, 0.15) is 12.5 Å². The number of rotatable bonds is 1. The monoisotopic (exact) mass is 378 g/mol. The highest BCUT2D eigenvalue weighted by atomic mass is 79.9. The Bertz CT molecular complexity index is 659. The molecule has 0 aliphatic rings. The summed E-state index contributed by atoms with van der Waals surface area (Å²) in [4.78, 5) is 13.1. The van der Waals surface area contributed by atoms with E-state index in [1.165, 1.54) is 6.07 Å². The molecule has 7 heteroatoms. The first-order valence-corrected chi connectivity index (χ1v) is 7.21. The molecule has 0 unspecified atom stereocenters. The zero-order chi connectivity index (χ0) is 15.3. The SMILES string of the molecule is CCc1cc(=O)[nH]c(O)c1Br.Nc1ccc(Cl)cc1Cl. The normalized spacial score (nSPS) is 9.80. The Morgan fingerprint density at radius 2 is 2.00 bits per heavy atom. The molecular formula is C13H13BrCl2N2O2. The van der Waals surface area contributed by atoms with E-state index in [0.29, 0.717) is 20.2 Å². The van der Waals surface area contributed by atoms with Crippen LogP contribution in [0.25, 0.3) is 0 Å². The maximum atomic E-state index is 10.8. The van der Waals surface area contributed by atoms with Gasteiger partial charge in [-0.2, -0.15) is 0 Å². The maximum Gasteiger partial charge on any atom is 0.251 e. The standard InChI is InChI=1S/C7H8BrNO2.C6H5Cl2N/c1-2-4-3-5(10)9-7(11)6(4)8;7-4-1-2-6(9)5(8)3-4/h3H,2H2,1H3,(H2,9,10,11);1-3H,9H2. The van der Waals surface area contributed by atoms with Gasteiger partial charge >= 0.3 is 0 Å². The molecule has 4 nitrogen and oxygen atoms in total. The Hall–Kier alpha value is -1.17. The molecule has 0 saturated heterocycles. The molecular weight excluding hydrogens is 367 g/mol. The van der Waals surface area contributed by atoms with Crippen LogP contribution >= 0.6 is 39.1 Å². The number of halogens is 3. The quantitative estimate of drug-likeness (QED) is 0.655. The fourth-order valence-electron chi connectivity index (χ4n) is 1.34. The number of nitrogen functional groups attached to an aromatic ring is 1. The number of hydrogen-bond donors (Lipinski definition) is 3. The van der Waals surface area contributed by atoms with Crippen LogP contribution in [0.2, 0.25) is 10.0 Å². The topological polar surface area (TPSA) is 79.1 Å². The Morgan fingerprint density at radius 3 is 2.50 bits per heavy atom. The van der Waals surface area contributed by atoms with E-state index in [1.54, 1.807) is 18.2 Å². The van der Waals surface area contributed by atoms with Crippen LogP contribution in [-0.4, -0.2) is 10.1 Å². The number of hydrogen-bond acceptors (Lipinski definition) is 3. The molecule has 2 aromatic rings. The summed E-state index contributed by atoms with van der Waals surface area (Å²) in [5.41, 5.74) is 6.49. The van der Waals surface area contributed by atoms with E-state index in [4.69, 9.17) is 34.0 Å². The van der Waals surface area contributed by atoms with Crippen molar-refractivity contribution in [1.29, 1.82) is 0 Å². The predicted molar refractivity (Wildman–Crippen MR) is 86.7 cm³/mol. The predicted octanol–water partition coefficient (Wildman–Crippen LogP) is 3.98. The number of aryl methyl sites for hydroxylation is 1. The van der Waals surface area contributed by atoms with E-state index >= 15 is 0 Å². The van der Waals surface area contributed by atoms with Crippen molar-refractivity contribution in [2.45, 2.75) is 13.3 Å². The van der Waals surface area contributed by atoms with Crippen LogP contribution < -0.4 is 11.3 Å². The van der Waals surface area contributed by atoms with Gasteiger partial charge in [-0.15, -0.1) is 0 Å². The van der Waals surface area contributed by atoms with Gasteiger partial charge in [0.2, 0.25) is 5.88 Å². The molecule has 0 saturated carbocycles. The van der Waals surface area contributed by atoms with Gasteiger partial charge in [0.05, 0.1) is 15.2 Å². The highest BCUT2D eigenvalue weighted by Crippen LogP contribution is 2.23. The average molecular weight is 380 g/mol. The van der Waals surface area contributed by atoms with Gasteiger partial charge in [0, 0.05) is 11.1 Å². The summed E-state index contributed by atoms with van der Waals surface area (Å²) in [6.07, 6.45) is 0.720. The Labute approximate surface area is 134 Å². The summed E-state index contributed by atoms with van der Waals surface area (Å²) in [5, 5.41) is 10.2. The van der Waals surface area contributed by atoms with Gasteiger partial charge in [0.15, 0.2) is 0 Å². The molecule has 0 radical (unpaired) electrons. The van der Waals surface area contributed by atoms with Gasteiger partial charge < -0.3 is 10.8 Å². The summed E-state index contributed by atoms with van der Waals surface area (Å²) < 4.78 is 0.569. The largest absolute Gasteiger partial charge is 0.494 e. The summed E-state index contributed by atoms with van der Waals surface area (Å²) >= 11 is 14.3. The highest BCUT2D eigenvalue weighted by molar-refractivity contribution is 9.10. The van der Waals surface area contributed by atoms with E-state index < -0.39 is 0 Å². The number of anilines is 1. The van der Waals surface area contributed by atoms with E-state index in [-0.39, 0.29) is 11.4 Å². The molecule has 0 fully saturated rings. The Balaban J connectivity index is 0.000000204. The van der Waals surface area contributed by atoms with Gasteiger partial charge in [-0.05, 0) is 46.1 Å². The first kappa shape index (κ1) is 16.9. The number of nitrogens with two attached hydrogens (primary N) is 1. The van der Waals surface area contributed by atoms with Crippen molar-refractivity contribution in [3.63, 3.8) is 0 Å². The maximum absolute atomic E-state index is 10.8. The van der Waals surface area contributed by atoms with E-state index in [2.05, 4.69) is 20.9 Å². The number of aromatic hydroxyl groups is 1. The van der Waals surface area contributed by atoms with Crippen LogP contribution in [-0.2, 0) is 6.42 Å². The van der Waals surface area contributed by atoms with Gasteiger partial charge in [-0.3, -0.25) is 9.78 Å². The lowest BCUT2D eigenvalue weighted by atomic mass is 10.2. The number of pyridine rings is 1. The molecule has 108 valence electrons. The molecule has 0 atom stereocenters. The molecule has 0 amide bonds. The van der Waals surface area contributed by atoms with Crippen LogP contribution in [0.3, 0.4) is 0 Å². The lowest BCUT2D eigenvalue weighted by molar-refractivity contribution is 0.447. The number of aromatic nitrogens is 1. The fraction of sp³-hybridized carbons (Fsp3) is 0.154. The van der Waals surface area contributed by atoms with Gasteiger partial charge in [0.1, 0.15) is 0 Å². The minimum atomic E-state index is -0.275. The third-order valence-corrected chi connectivity index (χ3v) is 3.83. The second-order valence-corrected chi connectivity index (χ2v) is 5.48. The molecule has 1 aromatic carbocycles. The van der Waals surface area contributed by atoms with Crippen molar-refractivity contribution in [3.05, 3.63) is 54.7 Å². The number of nitrogens with one attached hydrogen (secondary N) is 1. The van der Waals surface area contributed by atoms with Crippen molar-refractivity contribution in [2.24, 2.45) is 0 Å². The average Bonchev–Trinajstić information content (AvgIpc) is 2.39. The van der Waals surface area contributed by atoms with Crippen molar-refractivity contribution in [1.82, 2.24) is 4.98 Å². The smallest absolute Gasteiger partial charge is 0.251 e.